The summed E-state index contributed by atoms with van der Waals surface area (Å²) in [6.07, 6.45) is 9.43. The topological polar surface area (TPSA) is 195 Å². The van der Waals surface area contributed by atoms with E-state index in [1.165, 1.54) is 32.7 Å². The number of unbranched alkanes of at least 4 members (excludes halogenated alkanes) is 2. The maximum absolute atomic E-state index is 13.5. The zero-order valence-corrected chi connectivity index (χ0v) is 43.4. The number of fused-ring (bicyclic) bond motifs is 2. The second-order valence-corrected chi connectivity index (χ2v) is 19.1. The van der Waals surface area contributed by atoms with Crippen molar-refractivity contribution in [3.05, 3.63) is 134 Å². The first-order chi connectivity index (χ1) is 33.2. The van der Waals surface area contributed by atoms with Crippen LogP contribution in [0.2, 0.25) is 0 Å². The normalized spacial score (nSPS) is 17.6. The van der Waals surface area contributed by atoms with Crippen LogP contribution in [-0.2, 0) is 78.3 Å². The van der Waals surface area contributed by atoms with Crippen molar-refractivity contribution in [3.8, 4) is 11.3 Å². The predicted octanol–water partition coefficient (Wildman–Crippen LogP) is 5.87. The smallest absolute Gasteiger partial charge is 0.293 e. The number of aryl methyl sites for hydroxylation is 3. The summed E-state index contributed by atoms with van der Waals surface area (Å²) in [5.41, 5.74) is 6.93. The zero-order valence-electron chi connectivity index (χ0n) is 39.8. The van der Waals surface area contributed by atoms with E-state index in [4.69, 9.17) is 4.98 Å². The molecule has 4 aliphatic rings. The second kappa shape index (κ2) is 23.3. The molecule has 2 aromatic heterocycles. The van der Waals surface area contributed by atoms with Crippen molar-refractivity contribution in [1.29, 1.82) is 0 Å². The SMILES string of the molecule is O=C1CCC(N2Cc3[c-]cccc3C2=O)C(=O)N1.[CH2-]C(=O)NCCCCCN1CCN(C)[C@H](c2ccc(Nc3nc(-c4cccc(NC(=O)c5cc6c(s5)CCCC6)c4C)cn(C)c3=O)cc2)C1=O.[Y]. The maximum Gasteiger partial charge on any atom is 0.293 e. The maximum atomic E-state index is 13.5. The molecule has 3 aliphatic heterocycles. The summed E-state index contributed by atoms with van der Waals surface area (Å²) in [5.74, 6) is -0.951. The molecule has 0 saturated carbocycles. The summed E-state index contributed by atoms with van der Waals surface area (Å²) >= 11 is 1.59. The first-order valence-electron chi connectivity index (χ1n) is 23.5. The van der Waals surface area contributed by atoms with Gasteiger partial charge in [0.2, 0.25) is 17.7 Å². The van der Waals surface area contributed by atoms with E-state index in [9.17, 15) is 33.6 Å². The molecule has 0 bridgehead atoms. The molecule has 2 atom stereocenters. The van der Waals surface area contributed by atoms with Gasteiger partial charge in [0.05, 0.1) is 16.5 Å². The first-order valence-corrected chi connectivity index (χ1v) is 24.3. The molecule has 3 aromatic carbocycles. The van der Waals surface area contributed by atoms with Crippen molar-refractivity contribution in [2.45, 2.75) is 83.3 Å². The van der Waals surface area contributed by atoms with E-state index in [1.807, 2.05) is 67.4 Å². The minimum atomic E-state index is -0.545. The Balaban J connectivity index is 0.000000317. The van der Waals surface area contributed by atoms with E-state index < -0.39 is 12.1 Å². The van der Waals surface area contributed by atoms with Gasteiger partial charge in [-0.15, -0.1) is 16.9 Å². The van der Waals surface area contributed by atoms with Gasteiger partial charge in [-0.2, -0.15) is 24.3 Å². The van der Waals surface area contributed by atoms with Crippen molar-refractivity contribution in [3.63, 3.8) is 0 Å². The van der Waals surface area contributed by atoms with Gasteiger partial charge in [0.1, 0.15) is 12.1 Å². The number of carbonyl (C=O) groups excluding carboxylic acids is 6. The molecular formula is C52H57N9O7SY-2. The second-order valence-electron chi connectivity index (χ2n) is 17.9. The molecule has 2 fully saturated rings. The Kier molecular flexibility index (Phi) is 17.2. The molecule has 5 aromatic rings. The molecule has 1 radical (unpaired) electrons. The number of amides is 6. The molecule has 5 heterocycles. The number of likely N-dealkylation sites (N-methyl/N-ethyl adjacent to an activating group) is 1. The number of hydrogen-bond acceptors (Lipinski definition) is 11. The van der Waals surface area contributed by atoms with Gasteiger partial charge >= 0.3 is 0 Å². The number of anilines is 3. The van der Waals surface area contributed by atoms with Crippen molar-refractivity contribution < 1.29 is 61.5 Å². The monoisotopic (exact) mass is 1040 g/mol. The zero-order chi connectivity index (χ0) is 48.8. The summed E-state index contributed by atoms with van der Waals surface area (Å²) in [4.78, 5) is 98.3. The molecule has 1 unspecified atom stereocenters. The van der Waals surface area contributed by atoms with Gasteiger partial charge in [0, 0.05) is 107 Å². The molecule has 0 spiro atoms. The van der Waals surface area contributed by atoms with Crippen molar-refractivity contribution >= 4 is 64.0 Å². The minimum Gasteiger partial charge on any atom is -0.381 e. The largest absolute Gasteiger partial charge is 0.381 e. The third kappa shape index (κ3) is 11.9. The molecule has 1 aliphatic carbocycles. The molecule has 4 N–H and O–H groups in total. The Morgan fingerprint density at radius 1 is 0.929 bits per heavy atom. The quantitative estimate of drug-likeness (QED) is 0.0630. The number of carbonyl (C=O) groups is 6. The van der Waals surface area contributed by atoms with E-state index in [-0.39, 0.29) is 86.0 Å². The number of nitrogens with zero attached hydrogens (tertiary/aromatic N) is 5. The minimum absolute atomic E-state index is 0. The van der Waals surface area contributed by atoms with Crippen LogP contribution < -0.4 is 26.8 Å². The Hall–Kier alpha value is -6.01. The Morgan fingerprint density at radius 3 is 2.44 bits per heavy atom. The van der Waals surface area contributed by atoms with Crippen LogP contribution >= 0.6 is 11.3 Å². The van der Waals surface area contributed by atoms with E-state index in [0.29, 0.717) is 55.2 Å². The molecule has 9 rings (SSSR count). The van der Waals surface area contributed by atoms with Crippen molar-refractivity contribution in [2.24, 2.45) is 7.05 Å². The van der Waals surface area contributed by atoms with E-state index in [1.54, 1.807) is 42.8 Å². The van der Waals surface area contributed by atoms with Gasteiger partial charge < -0.3 is 42.0 Å². The number of piperidine rings is 1. The standard InChI is InChI=1S/C39H46N7O4S.C13H11N2O3.Y/c1-25-30(12-10-13-31(25)43-37(48)34-23-28-11-6-7-14-33(28)51-34)32-24-45(4)39(50)36(42-32)41-29-17-15-27(16-18-29)35-38(49)46(22-21-44(35)3)20-9-5-8-19-40-26(2)47;16-11-6-5-10(12(17)14-11)15-7-8-3-1-2-4-9(8)13(15)18;/h10,12-13,15-18,23-24,35H,2,5-9,11,14,19-22H2,1,3-4H3,(H,40,47)(H,41,42)(H,43,48);1-2,4,10H,5-7H2,(H,14,16,17);/q2*-1;/t35-;;/m1../s1. The van der Waals surface area contributed by atoms with Gasteiger partial charge in [-0.05, 0) is 106 Å². The summed E-state index contributed by atoms with van der Waals surface area (Å²) < 4.78 is 1.50. The van der Waals surface area contributed by atoms with Crippen LogP contribution in [0.1, 0.15) is 98.1 Å². The summed E-state index contributed by atoms with van der Waals surface area (Å²) in [6, 6.07) is 22.6. The number of hydrogen-bond donors (Lipinski definition) is 4. The average Bonchev–Trinajstić information content (AvgIpc) is 3.92. The number of nitrogens with one attached hydrogen (secondary N) is 4. The molecule has 16 nitrogen and oxygen atoms in total. The Bertz CT molecular complexity index is 2820. The van der Waals surface area contributed by atoms with Crippen LogP contribution in [0, 0.1) is 19.9 Å². The first kappa shape index (κ1) is 51.8. The van der Waals surface area contributed by atoms with E-state index in [2.05, 4.69) is 39.2 Å². The Morgan fingerprint density at radius 2 is 1.70 bits per heavy atom. The number of imide groups is 1. The Labute approximate surface area is 436 Å². The van der Waals surface area contributed by atoms with Gasteiger partial charge in [-0.25, -0.2) is 4.98 Å². The number of aromatic nitrogens is 2. The number of thiophene rings is 1. The van der Waals surface area contributed by atoms with E-state index in [0.717, 1.165) is 65.8 Å². The fourth-order valence-electron chi connectivity index (χ4n) is 9.30. The van der Waals surface area contributed by atoms with Crippen LogP contribution in [0.4, 0.5) is 17.2 Å². The fraction of sp³-hybridized carbons (Fsp3) is 0.365. The molecule has 6 amide bonds. The number of benzene rings is 3. The number of piperazine rings is 1. The summed E-state index contributed by atoms with van der Waals surface area (Å²) in [6.45, 7) is 8.37. The third-order valence-electron chi connectivity index (χ3n) is 13.1. The third-order valence-corrected chi connectivity index (χ3v) is 14.4. The van der Waals surface area contributed by atoms with Crippen LogP contribution in [0.5, 0.6) is 0 Å². The molecule has 70 heavy (non-hydrogen) atoms. The predicted molar refractivity (Wildman–Crippen MR) is 264 cm³/mol. The van der Waals surface area contributed by atoms with Gasteiger partial charge in [-0.3, -0.25) is 39.0 Å². The van der Waals surface area contributed by atoms with Crippen LogP contribution in [0.25, 0.3) is 11.3 Å². The molecule has 363 valence electrons. The van der Waals surface area contributed by atoms with Crippen molar-refractivity contribution in [2.75, 3.05) is 43.9 Å². The van der Waals surface area contributed by atoms with Crippen LogP contribution in [0.3, 0.4) is 0 Å². The van der Waals surface area contributed by atoms with E-state index >= 15 is 0 Å². The van der Waals surface area contributed by atoms with Gasteiger partial charge in [0.25, 0.3) is 11.5 Å². The summed E-state index contributed by atoms with van der Waals surface area (Å²) in [5, 5.41) is 11.3. The average molecular weight is 1040 g/mol. The van der Waals surface area contributed by atoms with Crippen molar-refractivity contribution in [1.82, 2.24) is 34.9 Å². The molecule has 18 heteroatoms. The summed E-state index contributed by atoms with van der Waals surface area (Å²) in [7, 11) is 3.65. The molecule has 2 saturated heterocycles. The van der Waals surface area contributed by atoms with Crippen LogP contribution in [0.15, 0.2) is 77.7 Å². The van der Waals surface area contributed by atoms with Crippen LogP contribution in [-0.4, -0.2) is 99.0 Å². The van der Waals surface area contributed by atoms with Gasteiger partial charge in [0.15, 0.2) is 11.7 Å². The molecular weight excluding hydrogens is 984 g/mol. The fourth-order valence-corrected chi connectivity index (χ4v) is 10.4. The van der Waals surface area contributed by atoms with Gasteiger partial charge in [-0.1, -0.05) is 29.8 Å². The number of rotatable bonds is 13.